The minimum Gasteiger partial charge on any atom is -0.490 e. The maximum Gasteiger partial charge on any atom is 0.404 e. The first-order chi connectivity index (χ1) is 17.7. The Bertz CT molecular complexity index is 1180. The predicted octanol–water partition coefficient (Wildman–Crippen LogP) is 4.42. The lowest BCUT2D eigenvalue weighted by molar-refractivity contribution is 0.0927. The fourth-order valence-corrected chi connectivity index (χ4v) is 4.14. The Morgan fingerprint density at radius 1 is 1.16 bits per heavy atom. The molecule has 2 aromatic rings. The van der Waals surface area contributed by atoms with E-state index in [1.807, 2.05) is 48.5 Å². The molecule has 1 aromatic heterocycles. The molecule has 0 aliphatic carbocycles. The summed E-state index contributed by atoms with van der Waals surface area (Å²) in [6.07, 6.45) is 1.70. The molecule has 0 saturated heterocycles. The maximum atomic E-state index is 15.5. The van der Waals surface area contributed by atoms with Crippen LogP contribution in [0.25, 0.3) is 5.69 Å². The third kappa shape index (κ3) is 7.58. The van der Waals surface area contributed by atoms with Crippen LogP contribution in [0.4, 0.5) is 9.18 Å². The van der Waals surface area contributed by atoms with Crippen LogP contribution < -0.4 is 21.1 Å². The van der Waals surface area contributed by atoms with Crippen LogP contribution in [0.5, 0.6) is 5.75 Å². The van der Waals surface area contributed by atoms with Crippen LogP contribution in [0.1, 0.15) is 90.3 Å². The highest BCUT2D eigenvalue weighted by Crippen LogP contribution is 2.28. The van der Waals surface area contributed by atoms with Crippen molar-refractivity contribution in [2.75, 3.05) is 0 Å². The van der Waals surface area contributed by atoms with E-state index >= 15 is 4.39 Å². The molecule has 0 saturated carbocycles. The van der Waals surface area contributed by atoms with E-state index in [9.17, 15) is 19.5 Å². The summed E-state index contributed by atoms with van der Waals surface area (Å²) in [5, 5.41) is 19.0. The first-order valence-electron chi connectivity index (χ1n) is 13.2. The molecule has 2 atom stereocenters. The Kier molecular flexibility index (Phi) is 10.5. The number of halogens is 1. The zero-order chi connectivity index (χ0) is 28.8. The molecule has 0 bridgehead atoms. The molecular formula is C27H42FN5O5. The monoisotopic (exact) mass is 535 g/mol. The van der Waals surface area contributed by atoms with Gasteiger partial charge in [0.15, 0.2) is 0 Å². The van der Waals surface area contributed by atoms with Crippen LogP contribution >= 0.6 is 0 Å². The SMILES string of the molecule is CCC[C@H](C)Oc1cc(-n2nc(CC(NC(=O)O)C(C)(C)C)n(C)c2=O)c(F)cc1C(=O)NC(CC)CC. The number of hydrogen-bond acceptors (Lipinski definition) is 5. The number of benzene rings is 1. The molecule has 0 radical (unpaired) electrons. The third-order valence-electron chi connectivity index (χ3n) is 6.67. The smallest absolute Gasteiger partial charge is 0.404 e. The van der Waals surface area contributed by atoms with E-state index in [2.05, 4.69) is 15.7 Å². The minimum absolute atomic E-state index is 0.0451. The summed E-state index contributed by atoms with van der Waals surface area (Å²) < 4.78 is 23.7. The van der Waals surface area contributed by atoms with E-state index in [0.29, 0.717) is 0 Å². The van der Waals surface area contributed by atoms with Gasteiger partial charge in [0.05, 0.1) is 11.7 Å². The van der Waals surface area contributed by atoms with Crippen LogP contribution in [0, 0.1) is 11.2 Å². The third-order valence-corrected chi connectivity index (χ3v) is 6.67. The molecular weight excluding hydrogens is 493 g/mol. The highest BCUT2D eigenvalue weighted by molar-refractivity contribution is 5.97. The molecule has 2 rings (SSSR count). The molecule has 0 aliphatic rings. The maximum absolute atomic E-state index is 15.5. The molecule has 1 aromatic carbocycles. The zero-order valence-electron chi connectivity index (χ0n) is 23.7. The van der Waals surface area contributed by atoms with Crippen molar-refractivity contribution in [3.8, 4) is 11.4 Å². The largest absolute Gasteiger partial charge is 0.490 e. The van der Waals surface area contributed by atoms with Crippen molar-refractivity contribution in [2.45, 2.75) is 98.8 Å². The summed E-state index contributed by atoms with van der Waals surface area (Å²) in [5.74, 6) is -0.826. The van der Waals surface area contributed by atoms with Crippen molar-refractivity contribution >= 4 is 12.0 Å². The molecule has 0 aliphatic heterocycles. The van der Waals surface area contributed by atoms with Crippen molar-refractivity contribution < 1.29 is 23.8 Å². The van der Waals surface area contributed by atoms with Gasteiger partial charge in [0.25, 0.3) is 5.91 Å². The quantitative estimate of drug-likeness (QED) is 0.369. The lowest BCUT2D eigenvalue weighted by Crippen LogP contribution is -2.45. The summed E-state index contributed by atoms with van der Waals surface area (Å²) >= 11 is 0. The molecule has 3 N–H and O–H groups in total. The fraction of sp³-hybridized carbons (Fsp3) is 0.630. The molecule has 212 valence electrons. The van der Waals surface area contributed by atoms with Gasteiger partial charge in [-0.15, -0.1) is 5.10 Å². The van der Waals surface area contributed by atoms with E-state index in [1.54, 1.807) is 0 Å². The summed E-state index contributed by atoms with van der Waals surface area (Å²) in [7, 11) is 1.50. The first-order valence-corrected chi connectivity index (χ1v) is 13.2. The van der Waals surface area contributed by atoms with Gasteiger partial charge in [0.2, 0.25) is 0 Å². The van der Waals surface area contributed by atoms with Gasteiger partial charge in [0, 0.05) is 31.6 Å². The number of carboxylic acid groups (broad SMARTS) is 1. The van der Waals surface area contributed by atoms with Crippen molar-refractivity contribution in [3.63, 3.8) is 0 Å². The lowest BCUT2D eigenvalue weighted by atomic mass is 9.84. The van der Waals surface area contributed by atoms with Gasteiger partial charge in [0.1, 0.15) is 23.1 Å². The van der Waals surface area contributed by atoms with Gasteiger partial charge < -0.3 is 20.5 Å². The van der Waals surface area contributed by atoms with Gasteiger partial charge in [-0.25, -0.2) is 14.0 Å². The van der Waals surface area contributed by atoms with Crippen LogP contribution in [0.3, 0.4) is 0 Å². The molecule has 0 fully saturated rings. The normalized spacial score (nSPS) is 13.3. The van der Waals surface area contributed by atoms with E-state index in [-0.39, 0.29) is 41.4 Å². The highest BCUT2D eigenvalue weighted by Gasteiger charge is 2.29. The molecule has 1 unspecified atom stereocenters. The van der Waals surface area contributed by atoms with Crippen molar-refractivity contribution in [3.05, 3.63) is 39.8 Å². The van der Waals surface area contributed by atoms with Gasteiger partial charge in [-0.05, 0) is 37.7 Å². The summed E-state index contributed by atoms with van der Waals surface area (Å²) in [4.78, 5) is 37.5. The Labute approximate surface area is 223 Å². The molecule has 2 amide bonds. The number of carbonyl (C=O) groups excluding carboxylic acids is 1. The van der Waals surface area contributed by atoms with Gasteiger partial charge in [-0.3, -0.25) is 9.36 Å². The molecule has 0 spiro atoms. The fourth-order valence-electron chi connectivity index (χ4n) is 4.14. The second kappa shape index (κ2) is 12.9. The Morgan fingerprint density at radius 2 is 1.79 bits per heavy atom. The van der Waals surface area contributed by atoms with Crippen molar-refractivity contribution in [1.82, 2.24) is 25.0 Å². The predicted molar refractivity (Wildman–Crippen MR) is 144 cm³/mol. The Balaban J connectivity index is 2.59. The average molecular weight is 536 g/mol. The second-order valence-electron chi connectivity index (χ2n) is 10.7. The number of nitrogens with zero attached hydrogens (tertiary/aromatic N) is 3. The lowest BCUT2D eigenvalue weighted by Gasteiger charge is -2.30. The number of amides is 2. The number of ether oxygens (including phenoxy) is 1. The minimum atomic E-state index is -1.19. The van der Waals surface area contributed by atoms with E-state index in [0.717, 1.165) is 36.4 Å². The average Bonchev–Trinajstić information content (AvgIpc) is 3.10. The summed E-state index contributed by atoms with van der Waals surface area (Å²) in [5.41, 5.74) is -1.19. The number of carbonyl (C=O) groups is 2. The topological polar surface area (TPSA) is 127 Å². The zero-order valence-corrected chi connectivity index (χ0v) is 23.7. The number of hydrogen-bond donors (Lipinski definition) is 3. The van der Waals surface area contributed by atoms with Crippen molar-refractivity contribution in [1.29, 1.82) is 0 Å². The Hall–Kier alpha value is -3.37. The molecule has 10 nitrogen and oxygen atoms in total. The van der Waals surface area contributed by atoms with Crippen LogP contribution in [-0.4, -0.2) is 49.6 Å². The van der Waals surface area contributed by atoms with E-state index in [4.69, 9.17) is 4.74 Å². The molecule has 11 heteroatoms. The van der Waals surface area contributed by atoms with E-state index in [1.165, 1.54) is 17.7 Å². The van der Waals surface area contributed by atoms with E-state index < -0.39 is 35.0 Å². The van der Waals surface area contributed by atoms with Gasteiger partial charge in [-0.2, -0.15) is 4.68 Å². The van der Waals surface area contributed by atoms with Crippen LogP contribution in [-0.2, 0) is 13.5 Å². The molecule has 38 heavy (non-hydrogen) atoms. The van der Waals surface area contributed by atoms with Gasteiger partial charge >= 0.3 is 11.8 Å². The molecule has 1 heterocycles. The standard InChI is InChI=1S/C27H42FN5O5/c1-9-12-16(4)38-21-14-20(19(28)13-18(21)24(34)29-17(10-2)11-3)33-26(37)32(8)23(31-33)15-22(27(5,6)7)30-25(35)36/h13-14,16-17,22,30H,9-12,15H2,1-8H3,(H,29,34)(H,35,36)/t16-,22?/m0/s1. The second-order valence-corrected chi connectivity index (χ2v) is 10.7. The first kappa shape index (κ1) is 30.9. The number of rotatable bonds is 12. The number of nitrogens with one attached hydrogen (secondary N) is 2. The van der Waals surface area contributed by atoms with Gasteiger partial charge in [-0.1, -0.05) is 48.0 Å². The number of aromatic nitrogens is 3. The summed E-state index contributed by atoms with van der Waals surface area (Å²) in [6.45, 7) is 13.4. The van der Waals surface area contributed by atoms with Crippen molar-refractivity contribution in [2.24, 2.45) is 12.5 Å². The van der Waals surface area contributed by atoms with Crippen LogP contribution in [0.2, 0.25) is 0 Å². The highest BCUT2D eigenvalue weighted by atomic mass is 19.1. The Morgan fingerprint density at radius 3 is 2.32 bits per heavy atom. The summed E-state index contributed by atoms with van der Waals surface area (Å²) in [6, 6.07) is 1.79. The van der Waals surface area contributed by atoms with Crippen LogP contribution in [0.15, 0.2) is 16.9 Å².